The molecule has 0 unspecified atom stereocenters. The summed E-state index contributed by atoms with van der Waals surface area (Å²) in [5.41, 5.74) is -0.0438. The second-order valence-electron chi connectivity index (χ2n) is 5.96. The van der Waals surface area contributed by atoms with E-state index in [0.717, 1.165) is 19.3 Å². The summed E-state index contributed by atoms with van der Waals surface area (Å²) < 4.78 is 23.7. The molecule has 20 heavy (non-hydrogen) atoms. The summed E-state index contributed by atoms with van der Waals surface area (Å²) in [6.45, 7) is 0. The summed E-state index contributed by atoms with van der Waals surface area (Å²) in [5, 5.41) is 9.91. The van der Waals surface area contributed by atoms with Gasteiger partial charge in [0.1, 0.15) is 0 Å². The first-order chi connectivity index (χ1) is 9.31. The van der Waals surface area contributed by atoms with Crippen LogP contribution >= 0.6 is 11.6 Å². The van der Waals surface area contributed by atoms with Crippen LogP contribution in [-0.2, 0) is 14.6 Å². The number of carboxylic acids is 1. The van der Waals surface area contributed by atoms with Crippen LogP contribution in [-0.4, -0.2) is 24.2 Å². The first-order valence-corrected chi connectivity index (χ1v) is 8.41. The summed E-state index contributed by atoms with van der Waals surface area (Å²) >= 11 is 5.75. The van der Waals surface area contributed by atoms with Crippen LogP contribution in [0.3, 0.4) is 0 Å². The molecule has 0 heterocycles. The van der Waals surface area contributed by atoms with E-state index in [9.17, 15) is 18.3 Å². The summed E-state index contributed by atoms with van der Waals surface area (Å²) in [7, 11) is -3.89. The first-order valence-electron chi connectivity index (χ1n) is 6.55. The van der Waals surface area contributed by atoms with Gasteiger partial charge in [0.15, 0.2) is 14.6 Å². The number of hydrogen-bond acceptors (Lipinski definition) is 3. The Kier molecular flexibility index (Phi) is 2.93. The average molecular weight is 315 g/mol. The van der Waals surface area contributed by atoms with Gasteiger partial charge in [0.25, 0.3) is 0 Å². The lowest BCUT2D eigenvalue weighted by molar-refractivity contribution is -0.150. The van der Waals surface area contributed by atoms with Crippen LogP contribution in [0.4, 0.5) is 0 Å². The largest absolute Gasteiger partial charge is 0.480 e. The Labute approximate surface area is 122 Å². The first kappa shape index (κ1) is 13.9. The minimum absolute atomic E-state index is 0.0403. The SMILES string of the molecule is O=C(O)C1(S(=O)(=O)c2ccc(Cl)cc2)CC2(CCC2)C1. The summed E-state index contributed by atoms with van der Waals surface area (Å²) in [6.07, 6.45) is 3.42. The normalized spacial score (nSPS) is 22.9. The van der Waals surface area contributed by atoms with Crippen LogP contribution in [0.2, 0.25) is 5.02 Å². The van der Waals surface area contributed by atoms with Crippen LogP contribution in [0.15, 0.2) is 29.2 Å². The quantitative estimate of drug-likeness (QED) is 0.931. The van der Waals surface area contributed by atoms with Crippen molar-refractivity contribution >= 4 is 27.4 Å². The van der Waals surface area contributed by atoms with Gasteiger partial charge in [-0.15, -0.1) is 0 Å². The molecule has 0 amide bonds. The highest BCUT2D eigenvalue weighted by Crippen LogP contribution is 2.63. The summed E-state index contributed by atoms with van der Waals surface area (Å²) in [5.74, 6) is -1.23. The number of rotatable bonds is 3. The number of aliphatic carboxylic acids is 1. The minimum Gasteiger partial charge on any atom is -0.480 e. The van der Waals surface area contributed by atoms with E-state index < -0.39 is 20.6 Å². The third-order valence-electron chi connectivity index (χ3n) is 4.76. The third-order valence-corrected chi connectivity index (χ3v) is 7.40. The van der Waals surface area contributed by atoms with Crippen molar-refractivity contribution in [3.8, 4) is 0 Å². The molecule has 0 saturated heterocycles. The summed E-state index contributed by atoms with van der Waals surface area (Å²) in [6, 6.07) is 5.71. The molecule has 1 N–H and O–H groups in total. The maximum atomic E-state index is 12.7. The van der Waals surface area contributed by atoms with Crippen molar-refractivity contribution in [2.24, 2.45) is 5.41 Å². The van der Waals surface area contributed by atoms with Crippen molar-refractivity contribution in [1.82, 2.24) is 0 Å². The van der Waals surface area contributed by atoms with E-state index in [-0.39, 0.29) is 23.2 Å². The molecule has 2 aliphatic carbocycles. The third kappa shape index (κ3) is 1.72. The highest BCUT2D eigenvalue weighted by atomic mass is 35.5. The molecule has 108 valence electrons. The van der Waals surface area contributed by atoms with E-state index in [2.05, 4.69) is 0 Å². The highest BCUT2D eigenvalue weighted by Gasteiger charge is 2.67. The van der Waals surface area contributed by atoms with Crippen molar-refractivity contribution in [2.45, 2.75) is 41.7 Å². The van der Waals surface area contributed by atoms with E-state index in [1.165, 1.54) is 24.3 Å². The fourth-order valence-corrected chi connectivity index (χ4v) is 5.78. The van der Waals surface area contributed by atoms with Gasteiger partial charge in [-0.05, 0) is 55.4 Å². The molecular formula is C14H15ClO4S. The van der Waals surface area contributed by atoms with Crippen LogP contribution in [0.5, 0.6) is 0 Å². The molecule has 0 radical (unpaired) electrons. The highest BCUT2D eigenvalue weighted by molar-refractivity contribution is 7.93. The zero-order valence-corrected chi connectivity index (χ0v) is 12.4. The maximum absolute atomic E-state index is 12.7. The fraction of sp³-hybridized carbons (Fsp3) is 0.500. The molecule has 4 nitrogen and oxygen atoms in total. The zero-order chi connectivity index (χ0) is 14.6. The van der Waals surface area contributed by atoms with Gasteiger partial charge in [-0.3, -0.25) is 4.79 Å². The Morgan fingerprint density at radius 3 is 2.10 bits per heavy atom. The van der Waals surface area contributed by atoms with E-state index in [4.69, 9.17) is 11.6 Å². The topological polar surface area (TPSA) is 71.4 Å². The minimum atomic E-state index is -3.89. The molecule has 2 fully saturated rings. The molecule has 2 saturated carbocycles. The van der Waals surface area contributed by atoms with Crippen molar-refractivity contribution < 1.29 is 18.3 Å². The Morgan fingerprint density at radius 1 is 1.15 bits per heavy atom. The van der Waals surface area contributed by atoms with Gasteiger partial charge in [0.05, 0.1) is 4.90 Å². The number of carboxylic acid groups (broad SMARTS) is 1. The standard InChI is InChI=1S/C14H15ClO4S/c15-10-2-4-11(5-3-10)20(18,19)14(12(16)17)8-13(9-14)6-1-7-13/h2-5H,1,6-9H2,(H,16,17). The van der Waals surface area contributed by atoms with Gasteiger partial charge in [0, 0.05) is 5.02 Å². The van der Waals surface area contributed by atoms with Crippen LogP contribution in [0.25, 0.3) is 0 Å². The second kappa shape index (κ2) is 4.21. The summed E-state index contributed by atoms with van der Waals surface area (Å²) in [4.78, 5) is 11.7. The number of sulfone groups is 1. The molecule has 6 heteroatoms. The fourth-order valence-electron chi connectivity index (χ4n) is 3.49. The van der Waals surface area contributed by atoms with Crippen LogP contribution in [0, 0.1) is 5.41 Å². The van der Waals surface area contributed by atoms with Gasteiger partial charge < -0.3 is 5.11 Å². The molecule has 0 bridgehead atoms. The smallest absolute Gasteiger partial charge is 0.325 e. The van der Waals surface area contributed by atoms with Gasteiger partial charge in [0.2, 0.25) is 0 Å². The van der Waals surface area contributed by atoms with Crippen LogP contribution < -0.4 is 0 Å². The molecule has 0 aromatic heterocycles. The average Bonchev–Trinajstić information content (AvgIpc) is 2.25. The lowest BCUT2D eigenvalue weighted by Crippen LogP contribution is -2.63. The molecule has 1 aromatic rings. The van der Waals surface area contributed by atoms with Gasteiger partial charge in [-0.1, -0.05) is 18.0 Å². The van der Waals surface area contributed by atoms with E-state index in [0.29, 0.717) is 5.02 Å². The van der Waals surface area contributed by atoms with E-state index in [1.54, 1.807) is 0 Å². The van der Waals surface area contributed by atoms with Gasteiger partial charge >= 0.3 is 5.97 Å². The molecule has 0 aliphatic heterocycles. The number of benzene rings is 1. The van der Waals surface area contributed by atoms with Crippen molar-refractivity contribution in [1.29, 1.82) is 0 Å². The lowest BCUT2D eigenvalue weighted by atomic mass is 9.51. The lowest BCUT2D eigenvalue weighted by Gasteiger charge is -2.58. The molecule has 0 atom stereocenters. The van der Waals surface area contributed by atoms with E-state index >= 15 is 0 Å². The molecule has 1 aromatic carbocycles. The molecule has 3 rings (SSSR count). The Morgan fingerprint density at radius 2 is 1.70 bits per heavy atom. The Hall–Kier alpha value is -1.07. The molecular weight excluding hydrogens is 300 g/mol. The zero-order valence-electron chi connectivity index (χ0n) is 10.8. The van der Waals surface area contributed by atoms with Crippen molar-refractivity contribution in [3.05, 3.63) is 29.3 Å². The predicted molar refractivity (Wildman–Crippen MR) is 74.5 cm³/mol. The van der Waals surface area contributed by atoms with Crippen LogP contribution in [0.1, 0.15) is 32.1 Å². The Bertz CT molecular complexity index is 651. The maximum Gasteiger partial charge on any atom is 0.325 e. The number of hydrogen-bond donors (Lipinski definition) is 1. The number of halogens is 1. The predicted octanol–water partition coefficient (Wildman–Crippen LogP) is 2.90. The van der Waals surface area contributed by atoms with E-state index in [1.807, 2.05) is 0 Å². The van der Waals surface area contributed by atoms with Gasteiger partial charge in [-0.25, -0.2) is 8.42 Å². The second-order valence-corrected chi connectivity index (χ2v) is 8.66. The number of carbonyl (C=O) groups is 1. The molecule has 2 aliphatic rings. The van der Waals surface area contributed by atoms with Gasteiger partial charge in [-0.2, -0.15) is 0 Å². The monoisotopic (exact) mass is 314 g/mol. The van der Waals surface area contributed by atoms with Crippen molar-refractivity contribution in [3.63, 3.8) is 0 Å². The Balaban J connectivity index is 2.00. The molecule has 1 spiro atoms. The van der Waals surface area contributed by atoms with Crippen molar-refractivity contribution in [2.75, 3.05) is 0 Å².